The van der Waals surface area contributed by atoms with E-state index >= 15 is 0 Å². The highest BCUT2D eigenvalue weighted by atomic mass is 35.5. The summed E-state index contributed by atoms with van der Waals surface area (Å²) in [5.74, 6) is 0. The summed E-state index contributed by atoms with van der Waals surface area (Å²) in [5, 5.41) is 10.6. The van der Waals surface area contributed by atoms with Crippen LogP contribution >= 0.6 is 23.2 Å². The minimum atomic E-state index is -0.370. The van der Waals surface area contributed by atoms with Crippen LogP contribution in [0.15, 0.2) is 18.2 Å². The molecule has 0 amide bonds. The highest BCUT2D eigenvalue weighted by Gasteiger charge is 2.23. The molecule has 0 bridgehead atoms. The number of benzene rings is 1. The molecule has 1 aliphatic heterocycles. The molecule has 0 saturated carbocycles. The van der Waals surface area contributed by atoms with Gasteiger partial charge in [0.25, 0.3) is 0 Å². The number of anilines is 1. The molecule has 3 N–H and O–H groups in total. The third-order valence-electron chi connectivity index (χ3n) is 3.64. The van der Waals surface area contributed by atoms with Crippen LogP contribution in [0.5, 0.6) is 0 Å². The van der Waals surface area contributed by atoms with E-state index in [1.807, 2.05) is 12.1 Å². The van der Waals surface area contributed by atoms with Gasteiger partial charge in [0.1, 0.15) is 0 Å². The Balaban J connectivity index is 1.96. The summed E-state index contributed by atoms with van der Waals surface area (Å²) in [5.41, 5.74) is 7.06. The monoisotopic (exact) mass is 317 g/mol. The third kappa shape index (κ3) is 3.77. The van der Waals surface area contributed by atoms with Crippen LogP contribution in [0.3, 0.4) is 0 Å². The van der Waals surface area contributed by atoms with Crippen molar-refractivity contribution in [1.29, 1.82) is 0 Å². The molecule has 1 aliphatic rings. The molecule has 2 rings (SSSR count). The zero-order valence-corrected chi connectivity index (χ0v) is 13.1. The smallest absolute Gasteiger partial charge is 0.0825 e. The second-order valence-electron chi connectivity index (χ2n) is 5.25. The lowest BCUT2D eigenvalue weighted by atomic mass is 10.2. The van der Waals surface area contributed by atoms with E-state index in [4.69, 9.17) is 28.9 Å². The van der Waals surface area contributed by atoms with Gasteiger partial charge >= 0.3 is 0 Å². The van der Waals surface area contributed by atoms with Crippen molar-refractivity contribution in [1.82, 2.24) is 4.90 Å². The van der Waals surface area contributed by atoms with Crippen LogP contribution in [0.1, 0.15) is 13.3 Å². The zero-order chi connectivity index (χ0) is 14.7. The molecule has 1 aromatic carbocycles. The van der Waals surface area contributed by atoms with Gasteiger partial charge in [-0.1, -0.05) is 29.3 Å². The minimum Gasteiger partial charge on any atom is -0.393 e. The molecule has 0 spiro atoms. The van der Waals surface area contributed by atoms with Crippen molar-refractivity contribution in [2.75, 3.05) is 31.1 Å². The molecular formula is C14H21Cl2N3O. The highest BCUT2D eigenvalue weighted by molar-refractivity contribution is 6.43. The number of hydrogen-bond donors (Lipinski definition) is 2. The molecule has 1 saturated heterocycles. The highest BCUT2D eigenvalue weighted by Crippen LogP contribution is 2.32. The largest absolute Gasteiger partial charge is 0.393 e. The Hall–Kier alpha value is -0.520. The van der Waals surface area contributed by atoms with Crippen molar-refractivity contribution in [3.05, 3.63) is 28.2 Å². The van der Waals surface area contributed by atoms with Crippen LogP contribution in [-0.2, 0) is 0 Å². The average molecular weight is 318 g/mol. The predicted molar refractivity (Wildman–Crippen MR) is 84.5 cm³/mol. The van der Waals surface area contributed by atoms with Crippen LogP contribution in [0, 0.1) is 0 Å². The Kier molecular flexibility index (Phi) is 5.52. The van der Waals surface area contributed by atoms with Gasteiger partial charge in [0.15, 0.2) is 0 Å². The van der Waals surface area contributed by atoms with Gasteiger partial charge < -0.3 is 15.7 Å². The molecule has 0 aromatic heterocycles. The number of aliphatic hydroxyl groups excluding tert-OH is 1. The molecule has 0 aliphatic carbocycles. The van der Waals surface area contributed by atoms with E-state index in [1.165, 1.54) is 0 Å². The molecule has 4 nitrogen and oxygen atoms in total. The number of rotatable bonds is 4. The number of nitrogens with zero attached hydrogens (tertiary/aromatic N) is 2. The molecule has 20 heavy (non-hydrogen) atoms. The fraction of sp³-hybridized carbons (Fsp3) is 0.571. The fourth-order valence-electron chi connectivity index (χ4n) is 2.53. The second-order valence-corrected chi connectivity index (χ2v) is 6.03. The van der Waals surface area contributed by atoms with Crippen LogP contribution in [0.4, 0.5) is 5.69 Å². The Morgan fingerprint density at radius 1 is 1.25 bits per heavy atom. The molecular weight excluding hydrogens is 297 g/mol. The summed E-state index contributed by atoms with van der Waals surface area (Å²) in [6, 6.07) is 5.69. The van der Waals surface area contributed by atoms with Gasteiger partial charge in [-0.05, 0) is 19.1 Å². The quantitative estimate of drug-likeness (QED) is 0.893. The summed E-state index contributed by atoms with van der Waals surface area (Å²) in [6.07, 6.45) is 0.134. The first-order valence-corrected chi connectivity index (χ1v) is 7.61. The first-order chi connectivity index (χ1) is 9.49. The standard InChI is InChI=1S/C14H21Cl2N3O/c1-10(20)9-13(17)19-7-5-18(6-8-19)12-4-2-3-11(15)14(12)16/h2-4,10,13,20H,5-9,17H2,1H3. The van der Waals surface area contributed by atoms with Crippen LogP contribution < -0.4 is 10.6 Å². The molecule has 112 valence electrons. The number of halogens is 2. The summed E-state index contributed by atoms with van der Waals surface area (Å²) in [6.45, 7) is 5.19. The Labute approximate surface area is 130 Å². The Bertz CT molecular complexity index is 448. The van der Waals surface area contributed by atoms with Gasteiger partial charge in [0, 0.05) is 32.6 Å². The summed E-state index contributed by atoms with van der Waals surface area (Å²) >= 11 is 12.3. The summed E-state index contributed by atoms with van der Waals surface area (Å²) < 4.78 is 0. The molecule has 1 fully saturated rings. The van der Waals surface area contributed by atoms with Crippen LogP contribution in [0.2, 0.25) is 10.0 Å². The van der Waals surface area contributed by atoms with E-state index in [1.54, 1.807) is 13.0 Å². The molecule has 2 unspecified atom stereocenters. The van der Waals surface area contributed by atoms with E-state index in [2.05, 4.69) is 9.80 Å². The lowest BCUT2D eigenvalue weighted by molar-refractivity contribution is 0.110. The van der Waals surface area contributed by atoms with Crippen LogP contribution in [-0.4, -0.2) is 48.5 Å². The first kappa shape index (κ1) is 15.9. The van der Waals surface area contributed by atoms with Crippen LogP contribution in [0.25, 0.3) is 0 Å². The maximum absolute atomic E-state index is 9.40. The number of piperazine rings is 1. The Morgan fingerprint density at radius 3 is 2.50 bits per heavy atom. The summed E-state index contributed by atoms with van der Waals surface area (Å²) in [7, 11) is 0. The zero-order valence-electron chi connectivity index (χ0n) is 11.6. The number of hydrogen-bond acceptors (Lipinski definition) is 4. The van der Waals surface area contributed by atoms with Crippen molar-refractivity contribution in [2.45, 2.75) is 25.6 Å². The van der Waals surface area contributed by atoms with Gasteiger partial charge in [-0.2, -0.15) is 0 Å². The normalized spacial score (nSPS) is 19.9. The topological polar surface area (TPSA) is 52.7 Å². The lowest BCUT2D eigenvalue weighted by Crippen LogP contribution is -2.54. The summed E-state index contributed by atoms with van der Waals surface area (Å²) in [4.78, 5) is 4.42. The van der Waals surface area contributed by atoms with E-state index in [-0.39, 0.29) is 12.3 Å². The van der Waals surface area contributed by atoms with Gasteiger partial charge in [0.2, 0.25) is 0 Å². The van der Waals surface area contributed by atoms with Crippen molar-refractivity contribution in [3.8, 4) is 0 Å². The van der Waals surface area contributed by atoms with E-state index in [0.717, 1.165) is 31.9 Å². The molecule has 2 atom stereocenters. The van der Waals surface area contributed by atoms with Crippen molar-refractivity contribution in [3.63, 3.8) is 0 Å². The first-order valence-electron chi connectivity index (χ1n) is 6.85. The number of nitrogens with two attached hydrogens (primary N) is 1. The maximum Gasteiger partial charge on any atom is 0.0825 e. The van der Waals surface area contributed by atoms with Crippen molar-refractivity contribution in [2.24, 2.45) is 5.73 Å². The SMILES string of the molecule is CC(O)CC(N)N1CCN(c2cccc(Cl)c2Cl)CC1. The average Bonchev–Trinajstić information content (AvgIpc) is 2.41. The van der Waals surface area contributed by atoms with E-state index in [0.29, 0.717) is 16.5 Å². The van der Waals surface area contributed by atoms with Gasteiger partial charge in [-0.3, -0.25) is 4.90 Å². The maximum atomic E-state index is 9.40. The van der Waals surface area contributed by atoms with Crippen molar-refractivity contribution >= 4 is 28.9 Å². The second kappa shape index (κ2) is 6.96. The molecule has 0 radical (unpaired) electrons. The Morgan fingerprint density at radius 2 is 1.90 bits per heavy atom. The third-order valence-corrected chi connectivity index (χ3v) is 4.45. The molecule has 6 heteroatoms. The lowest BCUT2D eigenvalue weighted by Gasteiger charge is -2.39. The van der Waals surface area contributed by atoms with Gasteiger partial charge in [-0.15, -0.1) is 0 Å². The fourth-order valence-corrected chi connectivity index (χ4v) is 2.94. The van der Waals surface area contributed by atoms with Gasteiger partial charge in [-0.25, -0.2) is 0 Å². The minimum absolute atomic E-state index is 0.0908. The predicted octanol–water partition coefficient (Wildman–Crippen LogP) is 2.17. The molecule has 1 aromatic rings. The van der Waals surface area contributed by atoms with E-state index < -0.39 is 0 Å². The number of aliphatic hydroxyl groups is 1. The van der Waals surface area contributed by atoms with E-state index in [9.17, 15) is 5.11 Å². The van der Waals surface area contributed by atoms with Crippen molar-refractivity contribution < 1.29 is 5.11 Å². The molecule has 1 heterocycles. The van der Waals surface area contributed by atoms with Gasteiger partial charge in [0.05, 0.1) is 28.0 Å².